The molecule has 1 heterocycles. The molecule has 6 nitrogen and oxygen atoms in total. The molecule has 0 atom stereocenters. The number of nitrogens with zero attached hydrogens (tertiary/aromatic N) is 1. The van der Waals surface area contributed by atoms with Crippen LogP contribution in [-0.4, -0.2) is 31.8 Å². The van der Waals surface area contributed by atoms with Crippen LogP contribution >= 0.6 is 0 Å². The van der Waals surface area contributed by atoms with E-state index in [9.17, 15) is 13.2 Å². The Balaban J connectivity index is 1.55. The normalized spacial score (nSPS) is 14.0. The van der Waals surface area contributed by atoms with Crippen molar-refractivity contribution in [2.24, 2.45) is 0 Å². The molecule has 0 bridgehead atoms. The first-order valence-corrected chi connectivity index (χ1v) is 11.6. The molecular weight excluding hydrogens is 412 g/mol. The Kier molecular flexibility index (Phi) is 6.06. The lowest BCUT2D eigenvalue weighted by molar-refractivity contribution is 0.102. The van der Waals surface area contributed by atoms with Crippen LogP contribution in [0.3, 0.4) is 0 Å². The van der Waals surface area contributed by atoms with E-state index in [1.165, 1.54) is 4.31 Å². The lowest BCUT2D eigenvalue weighted by Crippen LogP contribution is -2.36. The SMILES string of the molecule is CCOc1ccccc1C(=O)Nc1ccc2c(c1)CN(S(=O)(=O)c1ccccc1)CC2. The highest BCUT2D eigenvalue weighted by Gasteiger charge is 2.28. The van der Waals surface area contributed by atoms with Gasteiger partial charge < -0.3 is 10.1 Å². The number of benzene rings is 3. The van der Waals surface area contributed by atoms with Crippen molar-refractivity contribution in [3.05, 3.63) is 89.5 Å². The second-order valence-corrected chi connectivity index (χ2v) is 9.21. The van der Waals surface area contributed by atoms with Crippen LogP contribution in [-0.2, 0) is 23.0 Å². The van der Waals surface area contributed by atoms with Crippen molar-refractivity contribution in [3.8, 4) is 5.75 Å². The van der Waals surface area contributed by atoms with Gasteiger partial charge in [-0.15, -0.1) is 0 Å². The molecule has 0 aromatic heterocycles. The molecule has 0 saturated carbocycles. The number of sulfonamides is 1. The van der Waals surface area contributed by atoms with E-state index in [1.807, 2.05) is 31.2 Å². The number of ether oxygens (including phenoxy) is 1. The number of carbonyl (C=O) groups excluding carboxylic acids is 1. The fourth-order valence-electron chi connectivity index (χ4n) is 3.69. The van der Waals surface area contributed by atoms with Crippen LogP contribution in [0.2, 0.25) is 0 Å². The molecule has 4 rings (SSSR count). The van der Waals surface area contributed by atoms with E-state index in [4.69, 9.17) is 4.74 Å². The van der Waals surface area contributed by atoms with E-state index in [1.54, 1.807) is 48.5 Å². The van der Waals surface area contributed by atoms with Crippen molar-refractivity contribution in [1.82, 2.24) is 4.31 Å². The minimum Gasteiger partial charge on any atom is -0.493 e. The standard InChI is InChI=1S/C24H24N2O4S/c1-2-30-23-11-7-6-10-22(23)24(27)25-20-13-12-18-14-15-26(17-19(18)16-20)31(28,29)21-8-4-3-5-9-21/h3-13,16H,2,14-15,17H2,1H3,(H,25,27). The van der Waals surface area contributed by atoms with Gasteiger partial charge in [-0.2, -0.15) is 4.31 Å². The summed E-state index contributed by atoms with van der Waals surface area (Å²) in [7, 11) is -3.57. The number of carbonyl (C=O) groups is 1. The summed E-state index contributed by atoms with van der Waals surface area (Å²) in [5.74, 6) is 0.258. The molecule has 31 heavy (non-hydrogen) atoms. The van der Waals surface area contributed by atoms with Gasteiger partial charge in [-0.3, -0.25) is 4.79 Å². The fraction of sp³-hybridized carbons (Fsp3) is 0.208. The first kappa shape index (κ1) is 21.1. The van der Waals surface area contributed by atoms with Gasteiger partial charge in [0.1, 0.15) is 5.75 Å². The van der Waals surface area contributed by atoms with Crippen LogP contribution in [0, 0.1) is 0 Å². The van der Waals surface area contributed by atoms with Gasteiger partial charge in [0.15, 0.2) is 0 Å². The Morgan fingerprint density at radius 2 is 1.74 bits per heavy atom. The van der Waals surface area contributed by atoms with Gasteiger partial charge >= 0.3 is 0 Å². The summed E-state index contributed by atoms with van der Waals surface area (Å²) in [6, 6.07) is 21.2. The van der Waals surface area contributed by atoms with E-state index in [0.29, 0.717) is 36.6 Å². The second-order valence-electron chi connectivity index (χ2n) is 7.27. The Morgan fingerprint density at radius 3 is 2.52 bits per heavy atom. The maximum atomic E-state index is 13.0. The van der Waals surface area contributed by atoms with E-state index in [0.717, 1.165) is 11.1 Å². The van der Waals surface area contributed by atoms with Crippen LogP contribution in [0.15, 0.2) is 77.7 Å². The molecule has 1 aliphatic heterocycles. The molecule has 1 amide bonds. The monoisotopic (exact) mass is 436 g/mol. The molecule has 0 unspecified atom stereocenters. The third kappa shape index (κ3) is 4.47. The summed E-state index contributed by atoms with van der Waals surface area (Å²) < 4.78 is 33.0. The van der Waals surface area contributed by atoms with E-state index >= 15 is 0 Å². The van der Waals surface area contributed by atoms with Crippen LogP contribution in [0.4, 0.5) is 5.69 Å². The number of hydrogen-bond donors (Lipinski definition) is 1. The lowest BCUT2D eigenvalue weighted by atomic mass is 10.0. The van der Waals surface area contributed by atoms with Crippen molar-refractivity contribution >= 4 is 21.6 Å². The summed E-state index contributed by atoms with van der Waals surface area (Å²) >= 11 is 0. The zero-order chi connectivity index (χ0) is 21.8. The van der Waals surface area contributed by atoms with Gasteiger partial charge in [0.05, 0.1) is 17.1 Å². The number of para-hydroxylation sites is 1. The second kappa shape index (κ2) is 8.91. The number of hydrogen-bond acceptors (Lipinski definition) is 4. The Bertz CT molecular complexity index is 1190. The summed E-state index contributed by atoms with van der Waals surface area (Å²) in [5, 5.41) is 2.91. The minimum absolute atomic E-state index is 0.270. The molecule has 0 aliphatic carbocycles. The van der Waals surface area contributed by atoms with Gasteiger partial charge in [0.25, 0.3) is 5.91 Å². The zero-order valence-electron chi connectivity index (χ0n) is 17.2. The average molecular weight is 437 g/mol. The molecule has 3 aromatic carbocycles. The van der Waals surface area contributed by atoms with Crippen LogP contribution in [0.25, 0.3) is 0 Å². The molecule has 0 radical (unpaired) electrons. The van der Waals surface area contributed by atoms with Crippen LogP contribution in [0.5, 0.6) is 5.75 Å². The average Bonchev–Trinajstić information content (AvgIpc) is 2.79. The van der Waals surface area contributed by atoms with E-state index < -0.39 is 10.0 Å². The van der Waals surface area contributed by atoms with Gasteiger partial charge in [-0.25, -0.2) is 8.42 Å². The molecule has 7 heteroatoms. The zero-order valence-corrected chi connectivity index (χ0v) is 18.1. The van der Waals surface area contributed by atoms with Crippen molar-refractivity contribution in [1.29, 1.82) is 0 Å². The molecule has 1 aliphatic rings. The first-order chi connectivity index (χ1) is 15.0. The topological polar surface area (TPSA) is 75.7 Å². The number of anilines is 1. The first-order valence-electron chi connectivity index (χ1n) is 10.2. The third-order valence-electron chi connectivity index (χ3n) is 5.25. The molecular formula is C24H24N2O4S. The third-order valence-corrected chi connectivity index (χ3v) is 7.11. The molecule has 0 saturated heterocycles. The summed E-state index contributed by atoms with van der Waals surface area (Å²) in [6.45, 7) is 3.03. The highest BCUT2D eigenvalue weighted by molar-refractivity contribution is 7.89. The highest BCUT2D eigenvalue weighted by Crippen LogP contribution is 2.28. The predicted molar refractivity (Wildman–Crippen MR) is 120 cm³/mol. The van der Waals surface area contributed by atoms with Crippen molar-refractivity contribution < 1.29 is 17.9 Å². The number of fused-ring (bicyclic) bond motifs is 1. The predicted octanol–water partition coefficient (Wildman–Crippen LogP) is 4.08. The summed E-state index contributed by atoms with van der Waals surface area (Å²) in [4.78, 5) is 13.1. The molecule has 0 spiro atoms. The lowest BCUT2D eigenvalue weighted by Gasteiger charge is -2.28. The van der Waals surface area contributed by atoms with Gasteiger partial charge in [-0.05, 0) is 60.9 Å². The maximum absolute atomic E-state index is 13.0. The van der Waals surface area contributed by atoms with Gasteiger partial charge in [-0.1, -0.05) is 36.4 Å². The quantitative estimate of drug-likeness (QED) is 0.632. The van der Waals surface area contributed by atoms with E-state index in [2.05, 4.69) is 5.32 Å². The van der Waals surface area contributed by atoms with E-state index in [-0.39, 0.29) is 17.3 Å². The highest BCUT2D eigenvalue weighted by atomic mass is 32.2. The number of amides is 1. The Labute approximate surface area is 182 Å². The largest absolute Gasteiger partial charge is 0.493 e. The Hall–Kier alpha value is -3.16. The number of nitrogens with one attached hydrogen (secondary N) is 1. The molecule has 0 fully saturated rings. The van der Waals surface area contributed by atoms with Crippen molar-refractivity contribution in [2.45, 2.75) is 24.8 Å². The van der Waals surface area contributed by atoms with Crippen molar-refractivity contribution in [3.63, 3.8) is 0 Å². The van der Waals surface area contributed by atoms with Crippen LogP contribution in [0.1, 0.15) is 28.4 Å². The molecule has 3 aromatic rings. The minimum atomic E-state index is -3.57. The Morgan fingerprint density at radius 1 is 1.00 bits per heavy atom. The number of rotatable bonds is 6. The van der Waals surface area contributed by atoms with Crippen molar-refractivity contribution in [2.75, 3.05) is 18.5 Å². The summed E-state index contributed by atoms with van der Waals surface area (Å²) in [6.07, 6.45) is 0.628. The molecule has 1 N–H and O–H groups in total. The summed E-state index contributed by atoms with van der Waals surface area (Å²) in [5.41, 5.74) is 3.05. The fourth-order valence-corrected chi connectivity index (χ4v) is 5.13. The smallest absolute Gasteiger partial charge is 0.259 e. The maximum Gasteiger partial charge on any atom is 0.259 e. The van der Waals surface area contributed by atoms with Gasteiger partial charge in [0.2, 0.25) is 10.0 Å². The molecule has 160 valence electrons. The van der Waals surface area contributed by atoms with Crippen LogP contribution < -0.4 is 10.1 Å². The van der Waals surface area contributed by atoms with Gasteiger partial charge in [0, 0.05) is 18.8 Å².